The molecule has 6 heteroatoms. The molecule has 1 unspecified atom stereocenters. The highest BCUT2D eigenvalue weighted by Gasteiger charge is 2.29. The lowest BCUT2D eigenvalue weighted by molar-refractivity contribution is 0.401. The Morgan fingerprint density at radius 1 is 1.19 bits per heavy atom. The minimum absolute atomic E-state index is 0.126. The number of aromatic nitrogens is 1. The predicted molar refractivity (Wildman–Crippen MR) is 107 cm³/mol. The molecule has 4 rings (SSSR count). The molecule has 1 atom stereocenters. The third kappa shape index (κ3) is 3.13. The largest absolute Gasteiger partial charge is 0.495 e. The van der Waals surface area contributed by atoms with Crippen LogP contribution >= 0.6 is 0 Å². The minimum atomic E-state index is -3.66. The summed E-state index contributed by atoms with van der Waals surface area (Å²) >= 11 is 0. The maximum absolute atomic E-state index is 13.0. The molecular formula is C21H24N2O3S. The average molecular weight is 385 g/mol. The zero-order chi connectivity index (χ0) is 19.2. The van der Waals surface area contributed by atoms with Crippen molar-refractivity contribution >= 4 is 20.9 Å². The first-order chi connectivity index (χ1) is 12.9. The number of nitrogens with zero attached hydrogens (tertiary/aromatic N) is 1. The number of aryl methyl sites for hydroxylation is 2. The van der Waals surface area contributed by atoms with Crippen LogP contribution in [0.2, 0.25) is 0 Å². The second-order valence-corrected chi connectivity index (χ2v) is 8.90. The van der Waals surface area contributed by atoms with Crippen molar-refractivity contribution < 1.29 is 13.2 Å². The number of hydrogen-bond acceptors (Lipinski definition) is 3. The SMILES string of the molecule is COc1ccc(C)cc1S(=O)(=O)NC1CCc2c(c3ccccc3n2C)C1. The lowest BCUT2D eigenvalue weighted by atomic mass is 9.92. The van der Waals surface area contributed by atoms with Gasteiger partial charge in [-0.3, -0.25) is 0 Å². The molecule has 27 heavy (non-hydrogen) atoms. The molecule has 0 bridgehead atoms. The molecule has 0 amide bonds. The van der Waals surface area contributed by atoms with Gasteiger partial charge in [0.05, 0.1) is 7.11 Å². The van der Waals surface area contributed by atoms with Gasteiger partial charge in [-0.2, -0.15) is 0 Å². The molecule has 1 aromatic heterocycles. The highest BCUT2D eigenvalue weighted by atomic mass is 32.2. The molecule has 2 aromatic carbocycles. The van der Waals surface area contributed by atoms with Crippen molar-refractivity contribution in [2.75, 3.05) is 7.11 Å². The van der Waals surface area contributed by atoms with Gasteiger partial charge in [0.25, 0.3) is 0 Å². The normalized spacial score (nSPS) is 17.1. The Hall–Kier alpha value is -2.31. The van der Waals surface area contributed by atoms with E-state index >= 15 is 0 Å². The number of benzene rings is 2. The van der Waals surface area contributed by atoms with E-state index < -0.39 is 10.0 Å². The first-order valence-corrected chi connectivity index (χ1v) is 10.6. The number of sulfonamides is 1. The van der Waals surface area contributed by atoms with Gasteiger partial charge >= 0.3 is 0 Å². The van der Waals surface area contributed by atoms with Crippen LogP contribution in [0.4, 0.5) is 0 Å². The van der Waals surface area contributed by atoms with Crippen molar-refractivity contribution in [1.29, 1.82) is 0 Å². The van der Waals surface area contributed by atoms with E-state index in [1.54, 1.807) is 12.1 Å². The molecule has 1 aliphatic rings. The van der Waals surface area contributed by atoms with Crippen LogP contribution in [-0.2, 0) is 29.9 Å². The molecule has 1 heterocycles. The zero-order valence-electron chi connectivity index (χ0n) is 15.8. The molecular weight excluding hydrogens is 360 g/mol. The average Bonchev–Trinajstić information content (AvgIpc) is 2.94. The van der Waals surface area contributed by atoms with E-state index in [-0.39, 0.29) is 10.9 Å². The standard InChI is InChI=1S/C21H24N2O3S/c1-14-8-11-20(26-3)21(12-14)27(24,25)22-15-9-10-19-17(13-15)16-6-4-5-7-18(16)23(19)2/h4-8,11-12,15,22H,9-10,13H2,1-3H3. The van der Waals surface area contributed by atoms with Gasteiger partial charge in [-0.25, -0.2) is 13.1 Å². The van der Waals surface area contributed by atoms with Crippen LogP contribution in [0.5, 0.6) is 5.75 Å². The summed E-state index contributed by atoms with van der Waals surface area (Å²) in [4.78, 5) is 0.203. The van der Waals surface area contributed by atoms with E-state index in [1.165, 1.54) is 29.3 Å². The fourth-order valence-corrected chi connectivity index (χ4v) is 5.63. The van der Waals surface area contributed by atoms with Gasteiger partial charge in [-0.1, -0.05) is 24.3 Å². The molecule has 0 radical (unpaired) electrons. The van der Waals surface area contributed by atoms with Crippen LogP contribution in [0.1, 0.15) is 23.2 Å². The first-order valence-electron chi connectivity index (χ1n) is 9.13. The number of para-hydroxylation sites is 1. The Balaban J connectivity index is 1.66. The van der Waals surface area contributed by atoms with Gasteiger partial charge < -0.3 is 9.30 Å². The molecule has 1 N–H and O–H groups in total. The number of ether oxygens (including phenoxy) is 1. The van der Waals surface area contributed by atoms with Crippen LogP contribution < -0.4 is 9.46 Å². The van der Waals surface area contributed by atoms with Crippen LogP contribution in [-0.4, -0.2) is 26.1 Å². The van der Waals surface area contributed by atoms with Gasteiger partial charge in [0.2, 0.25) is 10.0 Å². The summed E-state index contributed by atoms with van der Waals surface area (Å²) in [5.41, 5.74) is 4.64. The summed E-state index contributed by atoms with van der Waals surface area (Å²) in [7, 11) is -0.0767. The number of hydrogen-bond donors (Lipinski definition) is 1. The van der Waals surface area contributed by atoms with Gasteiger partial charge in [0, 0.05) is 29.7 Å². The Morgan fingerprint density at radius 3 is 2.74 bits per heavy atom. The number of fused-ring (bicyclic) bond motifs is 3. The van der Waals surface area contributed by atoms with E-state index in [9.17, 15) is 8.42 Å². The van der Waals surface area contributed by atoms with Crippen molar-refractivity contribution in [3.05, 3.63) is 59.3 Å². The smallest absolute Gasteiger partial charge is 0.244 e. The maximum atomic E-state index is 13.0. The number of methoxy groups -OCH3 is 1. The van der Waals surface area contributed by atoms with Crippen LogP contribution in [0.25, 0.3) is 10.9 Å². The molecule has 3 aromatic rings. The van der Waals surface area contributed by atoms with E-state index in [4.69, 9.17) is 4.74 Å². The van der Waals surface area contributed by atoms with Gasteiger partial charge in [0.1, 0.15) is 10.6 Å². The maximum Gasteiger partial charge on any atom is 0.244 e. The minimum Gasteiger partial charge on any atom is -0.495 e. The highest BCUT2D eigenvalue weighted by molar-refractivity contribution is 7.89. The molecule has 0 saturated heterocycles. The Bertz CT molecular complexity index is 1120. The van der Waals surface area contributed by atoms with E-state index in [1.807, 2.05) is 25.1 Å². The number of nitrogens with one attached hydrogen (secondary N) is 1. The Morgan fingerprint density at radius 2 is 1.96 bits per heavy atom. The summed E-state index contributed by atoms with van der Waals surface area (Å²) < 4.78 is 36.5. The first kappa shape index (κ1) is 18.1. The summed E-state index contributed by atoms with van der Waals surface area (Å²) in [5, 5.41) is 1.21. The molecule has 0 aliphatic heterocycles. The van der Waals surface area contributed by atoms with Crippen LogP contribution in [0.15, 0.2) is 47.4 Å². The van der Waals surface area contributed by atoms with E-state index in [0.717, 1.165) is 18.4 Å². The summed E-state index contributed by atoms with van der Waals surface area (Å²) in [6.07, 6.45) is 2.34. The summed E-state index contributed by atoms with van der Waals surface area (Å²) in [6.45, 7) is 1.88. The van der Waals surface area contributed by atoms with E-state index in [2.05, 4.69) is 28.5 Å². The quantitative estimate of drug-likeness (QED) is 0.751. The molecule has 0 spiro atoms. The molecule has 1 aliphatic carbocycles. The summed E-state index contributed by atoms with van der Waals surface area (Å²) in [6, 6.07) is 13.4. The third-order valence-corrected chi connectivity index (χ3v) is 7.00. The van der Waals surface area contributed by atoms with Crippen LogP contribution in [0, 0.1) is 6.92 Å². The Labute approximate surface area is 160 Å². The fourth-order valence-electron chi connectivity index (χ4n) is 4.11. The predicted octanol–water partition coefficient (Wildman–Crippen LogP) is 3.33. The lowest BCUT2D eigenvalue weighted by Gasteiger charge is -2.25. The monoisotopic (exact) mass is 384 g/mol. The van der Waals surface area contributed by atoms with Crippen molar-refractivity contribution in [3.63, 3.8) is 0 Å². The molecule has 0 saturated carbocycles. The topological polar surface area (TPSA) is 60.3 Å². The van der Waals surface area contributed by atoms with Crippen molar-refractivity contribution in [1.82, 2.24) is 9.29 Å². The van der Waals surface area contributed by atoms with Crippen molar-refractivity contribution in [2.45, 2.75) is 37.1 Å². The van der Waals surface area contributed by atoms with Gasteiger partial charge in [0.15, 0.2) is 0 Å². The molecule has 5 nitrogen and oxygen atoms in total. The molecule has 0 fully saturated rings. The number of rotatable bonds is 4. The van der Waals surface area contributed by atoms with Crippen molar-refractivity contribution in [2.24, 2.45) is 7.05 Å². The second kappa shape index (κ2) is 6.69. The second-order valence-electron chi connectivity index (χ2n) is 7.22. The van der Waals surface area contributed by atoms with Crippen LogP contribution in [0.3, 0.4) is 0 Å². The van der Waals surface area contributed by atoms with Crippen molar-refractivity contribution in [3.8, 4) is 5.75 Å². The third-order valence-electron chi connectivity index (χ3n) is 5.45. The van der Waals surface area contributed by atoms with Gasteiger partial charge in [-0.05, 0) is 55.5 Å². The highest BCUT2D eigenvalue weighted by Crippen LogP contribution is 2.32. The Kier molecular flexibility index (Phi) is 4.48. The molecule has 142 valence electrons. The van der Waals surface area contributed by atoms with E-state index in [0.29, 0.717) is 12.2 Å². The summed E-state index contributed by atoms with van der Waals surface area (Å²) in [5.74, 6) is 0.370. The van der Waals surface area contributed by atoms with Gasteiger partial charge in [-0.15, -0.1) is 0 Å². The zero-order valence-corrected chi connectivity index (χ0v) is 16.6. The lowest BCUT2D eigenvalue weighted by Crippen LogP contribution is -2.39. The fraction of sp³-hybridized carbons (Fsp3) is 0.333.